The van der Waals surface area contributed by atoms with Gasteiger partial charge < -0.3 is 4.74 Å². The van der Waals surface area contributed by atoms with Crippen LogP contribution in [0.1, 0.15) is 44.3 Å². The van der Waals surface area contributed by atoms with Crippen molar-refractivity contribution in [2.24, 2.45) is 0 Å². The summed E-state index contributed by atoms with van der Waals surface area (Å²) < 4.78 is 6.89. The zero-order valence-corrected chi connectivity index (χ0v) is 9.69. The van der Waals surface area contributed by atoms with Crippen molar-refractivity contribution in [3.63, 3.8) is 0 Å². The highest BCUT2D eigenvalue weighted by Gasteiger charge is 2.18. The van der Waals surface area contributed by atoms with Crippen molar-refractivity contribution in [2.75, 3.05) is 6.61 Å². The molecule has 1 aromatic rings. The van der Waals surface area contributed by atoms with Gasteiger partial charge in [0, 0.05) is 6.20 Å². The number of rotatable bonds is 4. The minimum Gasteiger partial charge on any atom is -0.466 e. The highest BCUT2D eigenvalue weighted by atomic mass is 16.5. The molecule has 0 spiro atoms. The van der Waals surface area contributed by atoms with E-state index < -0.39 is 0 Å². The molecule has 0 bridgehead atoms. The lowest BCUT2D eigenvalue weighted by Gasteiger charge is -2.08. The number of aromatic nitrogens is 2. The van der Waals surface area contributed by atoms with Gasteiger partial charge in [0.15, 0.2) is 0 Å². The smallest absolute Gasteiger partial charge is 0.311 e. The van der Waals surface area contributed by atoms with Crippen LogP contribution in [0.5, 0.6) is 0 Å². The van der Waals surface area contributed by atoms with Gasteiger partial charge in [-0.05, 0) is 25.8 Å². The SMILES string of the molecule is CCOC(=O)Cc1ccn(C2CCCC2)n1. The Morgan fingerprint density at radius 2 is 2.31 bits per heavy atom. The van der Waals surface area contributed by atoms with Crippen LogP contribution in [0.3, 0.4) is 0 Å². The van der Waals surface area contributed by atoms with Crippen molar-refractivity contribution in [3.8, 4) is 0 Å². The van der Waals surface area contributed by atoms with Crippen molar-refractivity contribution >= 4 is 5.97 Å². The Bertz CT molecular complexity index is 354. The second kappa shape index (κ2) is 5.14. The first-order chi connectivity index (χ1) is 7.79. The third kappa shape index (κ3) is 2.62. The summed E-state index contributed by atoms with van der Waals surface area (Å²) in [6.45, 7) is 2.25. The quantitative estimate of drug-likeness (QED) is 0.733. The van der Waals surface area contributed by atoms with Crippen LogP contribution in [-0.4, -0.2) is 22.4 Å². The van der Waals surface area contributed by atoms with Gasteiger partial charge in [0.2, 0.25) is 0 Å². The zero-order chi connectivity index (χ0) is 11.4. The number of carbonyl (C=O) groups is 1. The predicted molar refractivity (Wildman–Crippen MR) is 60.1 cm³/mol. The van der Waals surface area contributed by atoms with E-state index in [0.717, 1.165) is 5.69 Å². The second-order valence-electron chi connectivity index (χ2n) is 4.21. The molecule has 1 saturated carbocycles. The molecule has 0 aliphatic heterocycles. The molecule has 0 amide bonds. The molecule has 0 atom stereocenters. The van der Waals surface area contributed by atoms with Crippen LogP contribution in [0.25, 0.3) is 0 Å². The van der Waals surface area contributed by atoms with Crippen LogP contribution >= 0.6 is 0 Å². The average Bonchev–Trinajstić information content (AvgIpc) is 2.86. The molecule has 0 unspecified atom stereocenters. The highest BCUT2D eigenvalue weighted by molar-refractivity contribution is 5.71. The van der Waals surface area contributed by atoms with Gasteiger partial charge in [-0.3, -0.25) is 9.48 Å². The summed E-state index contributed by atoms with van der Waals surface area (Å²) in [5.74, 6) is -0.195. The Morgan fingerprint density at radius 1 is 1.56 bits per heavy atom. The van der Waals surface area contributed by atoms with Crippen LogP contribution in [-0.2, 0) is 16.0 Å². The van der Waals surface area contributed by atoms with E-state index in [4.69, 9.17) is 4.74 Å². The Balaban J connectivity index is 1.93. The van der Waals surface area contributed by atoms with Crippen molar-refractivity contribution in [1.29, 1.82) is 0 Å². The summed E-state index contributed by atoms with van der Waals surface area (Å²) >= 11 is 0. The largest absolute Gasteiger partial charge is 0.466 e. The summed E-state index contributed by atoms with van der Waals surface area (Å²) in [6.07, 6.45) is 7.26. The molecule has 4 nitrogen and oxygen atoms in total. The van der Waals surface area contributed by atoms with Crippen LogP contribution in [0.4, 0.5) is 0 Å². The van der Waals surface area contributed by atoms with Gasteiger partial charge in [0.1, 0.15) is 0 Å². The fraction of sp³-hybridized carbons (Fsp3) is 0.667. The molecule has 2 rings (SSSR count). The minimum absolute atomic E-state index is 0.195. The van der Waals surface area contributed by atoms with Gasteiger partial charge in [-0.15, -0.1) is 0 Å². The molecule has 0 saturated heterocycles. The Kier molecular flexibility index (Phi) is 3.59. The number of ether oxygens (including phenoxy) is 1. The van der Waals surface area contributed by atoms with Crippen LogP contribution in [0.2, 0.25) is 0 Å². The number of hydrogen-bond acceptors (Lipinski definition) is 3. The number of carbonyl (C=O) groups excluding carboxylic acids is 1. The molecular formula is C12H18N2O2. The molecule has 1 aromatic heterocycles. The van der Waals surface area contributed by atoms with E-state index in [-0.39, 0.29) is 12.4 Å². The fourth-order valence-corrected chi connectivity index (χ4v) is 2.20. The van der Waals surface area contributed by atoms with Gasteiger partial charge in [0.25, 0.3) is 0 Å². The molecule has 0 N–H and O–H groups in total. The molecule has 1 aliphatic rings. The first-order valence-corrected chi connectivity index (χ1v) is 5.99. The van der Waals surface area contributed by atoms with Crippen molar-refractivity contribution in [1.82, 2.24) is 9.78 Å². The zero-order valence-electron chi connectivity index (χ0n) is 9.69. The predicted octanol–water partition coefficient (Wildman–Crippen LogP) is 2.10. The number of esters is 1. The maximum Gasteiger partial charge on any atom is 0.311 e. The molecule has 1 heterocycles. The van der Waals surface area contributed by atoms with Gasteiger partial charge in [-0.25, -0.2) is 0 Å². The van der Waals surface area contributed by atoms with Gasteiger partial charge >= 0.3 is 5.97 Å². The van der Waals surface area contributed by atoms with E-state index >= 15 is 0 Å². The maximum atomic E-state index is 11.3. The summed E-state index contributed by atoms with van der Waals surface area (Å²) in [4.78, 5) is 11.3. The normalized spacial score (nSPS) is 16.6. The standard InChI is InChI=1S/C12H18N2O2/c1-2-16-12(15)9-10-7-8-14(13-10)11-5-3-4-6-11/h7-8,11H,2-6,9H2,1H3. The van der Waals surface area contributed by atoms with E-state index in [1.807, 2.05) is 23.9 Å². The fourth-order valence-electron chi connectivity index (χ4n) is 2.20. The van der Waals surface area contributed by atoms with Crippen molar-refractivity contribution in [2.45, 2.75) is 45.1 Å². The van der Waals surface area contributed by atoms with Gasteiger partial charge in [-0.2, -0.15) is 5.10 Å². The third-order valence-electron chi connectivity index (χ3n) is 2.99. The van der Waals surface area contributed by atoms with Gasteiger partial charge in [-0.1, -0.05) is 12.8 Å². The summed E-state index contributed by atoms with van der Waals surface area (Å²) in [5, 5.41) is 4.43. The Labute approximate surface area is 95.6 Å². The van der Waals surface area contributed by atoms with E-state index in [9.17, 15) is 4.79 Å². The second-order valence-corrected chi connectivity index (χ2v) is 4.21. The van der Waals surface area contributed by atoms with Crippen molar-refractivity contribution in [3.05, 3.63) is 18.0 Å². The molecular weight excluding hydrogens is 204 g/mol. The van der Waals surface area contributed by atoms with Gasteiger partial charge in [0.05, 0.1) is 24.8 Å². The van der Waals surface area contributed by atoms with Crippen LogP contribution in [0.15, 0.2) is 12.3 Å². The number of hydrogen-bond donors (Lipinski definition) is 0. The lowest BCUT2D eigenvalue weighted by molar-refractivity contribution is -0.142. The summed E-state index contributed by atoms with van der Waals surface area (Å²) in [7, 11) is 0. The Morgan fingerprint density at radius 3 is 3.00 bits per heavy atom. The average molecular weight is 222 g/mol. The molecule has 0 radical (unpaired) electrons. The monoisotopic (exact) mass is 222 g/mol. The summed E-state index contributed by atoms with van der Waals surface area (Å²) in [6, 6.07) is 2.45. The summed E-state index contributed by atoms with van der Waals surface area (Å²) in [5.41, 5.74) is 0.811. The molecule has 16 heavy (non-hydrogen) atoms. The van der Waals surface area contributed by atoms with E-state index in [2.05, 4.69) is 5.10 Å². The highest BCUT2D eigenvalue weighted by Crippen LogP contribution is 2.28. The van der Waals surface area contributed by atoms with E-state index in [1.54, 1.807) is 0 Å². The lowest BCUT2D eigenvalue weighted by Crippen LogP contribution is -2.10. The topological polar surface area (TPSA) is 44.1 Å². The minimum atomic E-state index is -0.195. The van der Waals surface area contributed by atoms with Crippen LogP contribution < -0.4 is 0 Å². The van der Waals surface area contributed by atoms with Crippen molar-refractivity contribution < 1.29 is 9.53 Å². The third-order valence-corrected chi connectivity index (χ3v) is 2.99. The molecule has 4 heteroatoms. The van der Waals surface area contributed by atoms with E-state index in [0.29, 0.717) is 12.6 Å². The Hall–Kier alpha value is -1.32. The lowest BCUT2D eigenvalue weighted by atomic mass is 10.3. The van der Waals surface area contributed by atoms with E-state index in [1.165, 1.54) is 25.7 Å². The molecule has 88 valence electrons. The van der Waals surface area contributed by atoms with Crippen LogP contribution in [0, 0.1) is 0 Å². The molecule has 0 aromatic carbocycles. The molecule has 1 fully saturated rings. The first kappa shape index (κ1) is 11.2. The first-order valence-electron chi connectivity index (χ1n) is 5.99. The maximum absolute atomic E-state index is 11.3. The molecule has 1 aliphatic carbocycles. The number of nitrogens with zero attached hydrogens (tertiary/aromatic N) is 2.